The first-order chi connectivity index (χ1) is 15.6. The number of nitrogens with zero attached hydrogens (tertiary/aromatic N) is 5. The minimum atomic E-state index is 0.588. The van der Waals surface area contributed by atoms with Gasteiger partial charge in [-0.2, -0.15) is 4.98 Å². The molecule has 0 amide bonds. The van der Waals surface area contributed by atoms with Crippen molar-refractivity contribution in [1.82, 2.24) is 20.0 Å². The summed E-state index contributed by atoms with van der Waals surface area (Å²) in [5.41, 5.74) is 6.88. The molecule has 2 aliphatic rings. The Balaban J connectivity index is 1.47. The number of fused-ring (bicyclic) bond motifs is 1. The highest BCUT2D eigenvalue weighted by molar-refractivity contribution is 7.13. The van der Waals surface area contributed by atoms with Crippen molar-refractivity contribution in [3.63, 3.8) is 0 Å². The lowest BCUT2D eigenvalue weighted by Gasteiger charge is -2.28. The Labute approximate surface area is 194 Å². The number of thiazole rings is 1. The maximum atomic E-state index is 4.93. The Hall–Kier alpha value is -2.93. The van der Waals surface area contributed by atoms with Crippen LogP contribution in [0.25, 0.3) is 5.70 Å². The highest BCUT2D eigenvalue weighted by Crippen LogP contribution is 2.46. The van der Waals surface area contributed by atoms with Gasteiger partial charge >= 0.3 is 0 Å². The maximum Gasteiger partial charge on any atom is 0.229 e. The molecule has 1 aliphatic carbocycles. The number of hydrogen-bond donors (Lipinski definition) is 1. The average Bonchev–Trinajstić information content (AvgIpc) is 3.47. The summed E-state index contributed by atoms with van der Waals surface area (Å²) in [5, 5.41) is 10.8. The van der Waals surface area contributed by atoms with E-state index in [4.69, 9.17) is 9.97 Å². The second kappa shape index (κ2) is 8.54. The fourth-order valence-electron chi connectivity index (χ4n) is 4.32. The van der Waals surface area contributed by atoms with Crippen molar-refractivity contribution in [2.45, 2.75) is 58.8 Å². The highest BCUT2D eigenvalue weighted by atomic mass is 32.1. The molecule has 2 aromatic heterocycles. The number of rotatable bonds is 8. The van der Waals surface area contributed by atoms with Crippen LogP contribution in [0.3, 0.4) is 0 Å². The Morgan fingerprint density at radius 1 is 1.16 bits per heavy atom. The van der Waals surface area contributed by atoms with Crippen molar-refractivity contribution < 1.29 is 0 Å². The topological polar surface area (TPSA) is 57.2 Å². The maximum absolute atomic E-state index is 4.93. The molecular weight excluding hydrogens is 416 g/mol. The van der Waals surface area contributed by atoms with E-state index in [0.717, 1.165) is 53.7 Å². The molecule has 7 heteroatoms. The van der Waals surface area contributed by atoms with Crippen molar-refractivity contribution in [2.75, 3.05) is 16.9 Å². The van der Waals surface area contributed by atoms with Crippen molar-refractivity contribution in [3.8, 4) is 0 Å². The van der Waals surface area contributed by atoms with E-state index in [1.54, 1.807) is 11.3 Å². The zero-order valence-corrected chi connectivity index (χ0v) is 19.9. The van der Waals surface area contributed by atoms with Crippen LogP contribution in [0.15, 0.2) is 36.4 Å². The predicted octanol–water partition coefficient (Wildman–Crippen LogP) is 6.43. The molecule has 166 valence electrons. The second-order valence-corrected chi connectivity index (χ2v) is 9.28. The van der Waals surface area contributed by atoms with Crippen LogP contribution >= 0.6 is 11.3 Å². The Kier molecular flexibility index (Phi) is 5.59. The van der Waals surface area contributed by atoms with Gasteiger partial charge in [0.15, 0.2) is 5.82 Å². The standard InChI is InChI=1S/C25H30N6S/c1-5-8-19-13-20(12-11-17(19)6-2)27-24-26-14-21-16(4)30(7-3)31(23(21)29-24)25-28-22(15-32-25)18-9-10-18/h11-15,18H,4-10H2,1-3H3,(H,26,27,29). The Morgan fingerprint density at radius 3 is 2.72 bits per heavy atom. The predicted molar refractivity (Wildman–Crippen MR) is 133 cm³/mol. The molecule has 5 rings (SSSR count). The lowest BCUT2D eigenvalue weighted by atomic mass is 10.0. The molecule has 1 saturated carbocycles. The second-order valence-electron chi connectivity index (χ2n) is 8.45. The summed E-state index contributed by atoms with van der Waals surface area (Å²) in [6, 6.07) is 6.56. The van der Waals surface area contributed by atoms with Crippen LogP contribution < -0.4 is 10.3 Å². The fourth-order valence-corrected chi connectivity index (χ4v) is 5.23. The molecule has 0 saturated heterocycles. The average molecular weight is 447 g/mol. The number of benzene rings is 1. The smallest absolute Gasteiger partial charge is 0.229 e. The number of aromatic nitrogens is 3. The van der Waals surface area contributed by atoms with Gasteiger partial charge in [0.25, 0.3) is 0 Å². The molecular formula is C25H30N6S. The summed E-state index contributed by atoms with van der Waals surface area (Å²) in [5.74, 6) is 2.06. The largest absolute Gasteiger partial charge is 0.324 e. The molecule has 1 N–H and O–H groups in total. The zero-order chi connectivity index (χ0) is 22.2. The monoisotopic (exact) mass is 446 g/mol. The van der Waals surface area contributed by atoms with Crippen LogP contribution in [0, 0.1) is 0 Å². The summed E-state index contributed by atoms with van der Waals surface area (Å²) in [7, 11) is 0. The zero-order valence-electron chi connectivity index (χ0n) is 19.1. The number of aryl methyl sites for hydroxylation is 2. The van der Waals surface area contributed by atoms with Crippen molar-refractivity contribution >= 4 is 39.6 Å². The van der Waals surface area contributed by atoms with Crippen LogP contribution in [-0.4, -0.2) is 26.5 Å². The van der Waals surface area contributed by atoms with Gasteiger partial charge in [0.05, 0.1) is 17.0 Å². The lowest BCUT2D eigenvalue weighted by molar-refractivity contribution is 0.441. The van der Waals surface area contributed by atoms with Crippen LogP contribution in [-0.2, 0) is 12.8 Å². The van der Waals surface area contributed by atoms with E-state index in [2.05, 4.69) is 71.2 Å². The van der Waals surface area contributed by atoms with E-state index >= 15 is 0 Å². The van der Waals surface area contributed by atoms with Gasteiger partial charge in [-0.3, -0.25) is 5.01 Å². The Morgan fingerprint density at radius 2 is 2.00 bits per heavy atom. The first-order valence-electron chi connectivity index (χ1n) is 11.6. The molecule has 3 aromatic rings. The SMILES string of the molecule is C=C1c2cnc(Nc3ccc(CC)c(CCC)c3)nc2N(c2nc(C3CC3)cs2)N1CC. The molecule has 0 bridgehead atoms. The number of nitrogens with one attached hydrogen (secondary N) is 1. The highest BCUT2D eigenvalue weighted by Gasteiger charge is 2.35. The molecule has 1 fully saturated rings. The summed E-state index contributed by atoms with van der Waals surface area (Å²) in [6.45, 7) is 11.6. The van der Waals surface area contributed by atoms with Crippen molar-refractivity contribution in [3.05, 3.63) is 58.7 Å². The van der Waals surface area contributed by atoms with Crippen molar-refractivity contribution in [2.24, 2.45) is 0 Å². The van der Waals surface area contributed by atoms with Gasteiger partial charge in [-0.15, -0.1) is 11.3 Å². The van der Waals surface area contributed by atoms with E-state index in [1.807, 2.05) is 6.20 Å². The van der Waals surface area contributed by atoms with E-state index in [-0.39, 0.29) is 0 Å². The summed E-state index contributed by atoms with van der Waals surface area (Å²) < 4.78 is 0. The summed E-state index contributed by atoms with van der Waals surface area (Å²) in [4.78, 5) is 14.4. The van der Waals surface area contributed by atoms with Gasteiger partial charge in [0.2, 0.25) is 11.1 Å². The van der Waals surface area contributed by atoms with Gasteiger partial charge < -0.3 is 5.32 Å². The molecule has 0 unspecified atom stereocenters. The van der Waals surface area contributed by atoms with Crippen LogP contribution in [0.1, 0.15) is 68.3 Å². The van der Waals surface area contributed by atoms with Gasteiger partial charge in [0, 0.05) is 29.7 Å². The quantitative estimate of drug-likeness (QED) is 0.430. The molecule has 32 heavy (non-hydrogen) atoms. The third-order valence-electron chi connectivity index (χ3n) is 6.18. The van der Waals surface area contributed by atoms with Crippen molar-refractivity contribution in [1.29, 1.82) is 0 Å². The molecule has 0 spiro atoms. The Bertz CT molecular complexity index is 1150. The van der Waals surface area contributed by atoms with E-state index in [0.29, 0.717) is 11.9 Å². The van der Waals surface area contributed by atoms with Gasteiger partial charge in [-0.25, -0.2) is 15.0 Å². The third kappa shape index (κ3) is 3.75. The minimum Gasteiger partial charge on any atom is -0.324 e. The van der Waals surface area contributed by atoms with Crippen LogP contribution in [0.4, 0.5) is 22.6 Å². The number of hydrogen-bond acceptors (Lipinski definition) is 7. The van der Waals surface area contributed by atoms with Gasteiger partial charge in [0.1, 0.15) is 0 Å². The molecule has 0 radical (unpaired) electrons. The van der Waals surface area contributed by atoms with E-state index in [9.17, 15) is 0 Å². The molecule has 3 heterocycles. The normalized spacial score (nSPS) is 15.4. The van der Waals surface area contributed by atoms with Crippen LogP contribution in [0.2, 0.25) is 0 Å². The lowest BCUT2D eigenvalue weighted by Crippen LogP contribution is -2.33. The van der Waals surface area contributed by atoms with Gasteiger partial charge in [-0.1, -0.05) is 32.9 Å². The van der Waals surface area contributed by atoms with E-state index in [1.165, 1.54) is 29.7 Å². The van der Waals surface area contributed by atoms with Gasteiger partial charge in [-0.05, 0) is 55.9 Å². The van der Waals surface area contributed by atoms with Crippen LogP contribution in [0.5, 0.6) is 0 Å². The number of anilines is 4. The molecule has 0 atom stereocenters. The van der Waals surface area contributed by atoms with E-state index < -0.39 is 0 Å². The summed E-state index contributed by atoms with van der Waals surface area (Å²) >= 11 is 1.67. The number of hydrazine groups is 1. The first-order valence-corrected chi connectivity index (χ1v) is 12.5. The first kappa shape index (κ1) is 20.9. The summed E-state index contributed by atoms with van der Waals surface area (Å²) in [6.07, 6.45) is 7.63. The molecule has 1 aromatic carbocycles. The molecule has 6 nitrogen and oxygen atoms in total. The fraction of sp³-hybridized carbons (Fsp3) is 0.400. The third-order valence-corrected chi connectivity index (χ3v) is 7.02. The minimum absolute atomic E-state index is 0.588. The molecule has 1 aliphatic heterocycles.